The van der Waals surface area contributed by atoms with Crippen LogP contribution in [0.4, 0.5) is 0 Å². The van der Waals surface area contributed by atoms with Crippen LogP contribution >= 0.6 is 11.3 Å². The number of likely N-dealkylation sites (tertiary alicyclic amines) is 1. The predicted octanol–water partition coefficient (Wildman–Crippen LogP) is 3.06. The smallest absolute Gasteiger partial charge is 0.308 e. The first-order valence-corrected chi connectivity index (χ1v) is 8.48. The molecule has 3 rings (SSSR count). The summed E-state index contributed by atoms with van der Waals surface area (Å²) in [5.74, 6) is -1.48. The van der Waals surface area contributed by atoms with Gasteiger partial charge in [-0.2, -0.15) is 0 Å². The fraction of sp³-hybridized carbons (Fsp3) is 0.353. The molecule has 0 unspecified atom stereocenters. The molecule has 1 aliphatic heterocycles. The number of amides is 1. The van der Waals surface area contributed by atoms with E-state index >= 15 is 0 Å². The van der Waals surface area contributed by atoms with Crippen LogP contribution in [0.1, 0.15) is 28.9 Å². The highest BCUT2D eigenvalue weighted by Gasteiger charge is 2.29. The van der Waals surface area contributed by atoms with Crippen molar-refractivity contribution in [3.8, 4) is 10.6 Å². The van der Waals surface area contributed by atoms with Crippen LogP contribution in [-0.4, -0.2) is 40.0 Å². The van der Waals surface area contributed by atoms with Gasteiger partial charge in [0.1, 0.15) is 10.7 Å². The van der Waals surface area contributed by atoms with Crippen LogP contribution in [0.2, 0.25) is 0 Å². The van der Waals surface area contributed by atoms with Gasteiger partial charge in [0.15, 0.2) is 0 Å². The molecule has 6 heteroatoms. The van der Waals surface area contributed by atoms with E-state index in [1.807, 2.05) is 31.2 Å². The second-order valence-electron chi connectivity index (χ2n) is 5.78. The number of hydrogen-bond acceptors (Lipinski definition) is 4. The SMILES string of the molecule is Cc1ccccc1-c1nc(C(=O)N2CCC[C@@H](C(=O)O)C2)cs1. The zero-order chi connectivity index (χ0) is 16.4. The third kappa shape index (κ3) is 3.27. The molecule has 0 spiro atoms. The first-order valence-electron chi connectivity index (χ1n) is 7.60. The highest BCUT2D eigenvalue weighted by molar-refractivity contribution is 7.13. The van der Waals surface area contributed by atoms with Gasteiger partial charge in [-0.05, 0) is 25.3 Å². The molecule has 0 saturated carbocycles. The number of nitrogens with zero attached hydrogens (tertiary/aromatic N) is 2. The number of aromatic nitrogens is 1. The van der Waals surface area contributed by atoms with Crippen molar-refractivity contribution in [2.45, 2.75) is 19.8 Å². The molecule has 1 amide bonds. The van der Waals surface area contributed by atoms with E-state index < -0.39 is 11.9 Å². The third-order valence-corrected chi connectivity index (χ3v) is 5.03. The van der Waals surface area contributed by atoms with E-state index in [-0.39, 0.29) is 12.5 Å². The molecule has 0 radical (unpaired) electrons. The van der Waals surface area contributed by atoms with E-state index in [1.54, 1.807) is 10.3 Å². The Kier molecular flexibility index (Phi) is 4.43. The highest BCUT2D eigenvalue weighted by Crippen LogP contribution is 2.27. The number of benzene rings is 1. The molecule has 1 aromatic carbocycles. The van der Waals surface area contributed by atoms with Crippen molar-refractivity contribution in [2.24, 2.45) is 5.92 Å². The fourth-order valence-electron chi connectivity index (χ4n) is 2.83. The van der Waals surface area contributed by atoms with Gasteiger partial charge < -0.3 is 10.0 Å². The van der Waals surface area contributed by atoms with Gasteiger partial charge in [0.05, 0.1) is 5.92 Å². The Hall–Kier alpha value is -2.21. The van der Waals surface area contributed by atoms with Crippen LogP contribution in [-0.2, 0) is 4.79 Å². The number of carbonyl (C=O) groups excluding carboxylic acids is 1. The van der Waals surface area contributed by atoms with Crippen LogP contribution in [0.5, 0.6) is 0 Å². The predicted molar refractivity (Wildman–Crippen MR) is 88.6 cm³/mol. The Morgan fingerprint density at radius 1 is 1.35 bits per heavy atom. The van der Waals surface area contributed by atoms with Crippen molar-refractivity contribution in [1.82, 2.24) is 9.88 Å². The number of piperidine rings is 1. The Morgan fingerprint density at radius 3 is 2.87 bits per heavy atom. The summed E-state index contributed by atoms with van der Waals surface area (Å²) in [5.41, 5.74) is 2.54. The van der Waals surface area contributed by atoms with Gasteiger partial charge in [-0.3, -0.25) is 9.59 Å². The molecule has 0 bridgehead atoms. The minimum atomic E-state index is -0.832. The topological polar surface area (TPSA) is 70.5 Å². The average molecular weight is 330 g/mol. The Labute approximate surface area is 138 Å². The summed E-state index contributed by atoms with van der Waals surface area (Å²) in [4.78, 5) is 29.8. The minimum absolute atomic E-state index is 0.174. The van der Waals surface area contributed by atoms with Gasteiger partial charge in [0.25, 0.3) is 5.91 Å². The van der Waals surface area contributed by atoms with Crippen LogP contribution in [0.25, 0.3) is 10.6 Å². The molecule has 1 atom stereocenters. The first kappa shape index (κ1) is 15.7. The van der Waals surface area contributed by atoms with E-state index in [4.69, 9.17) is 5.11 Å². The quantitative estimate of drug-likeness (QED) is 0.939. The van der Waals surface area contributed by atoms with Gasteiger partial charge in [0, 0.05) is 24.0 Å². The molecule has 0 aliphatic carbocycles. The zero-order valence-electron chi connectivity index (χ0n) is 12.9. The zero-order valence-corrected chi connectivity index (χ0v) is 13.7. The molecule has 5 nitrogen and oxygen atoms in total. The summed E-state index contributed by atoms with van der Waals surface area (Å²) in [5, 5.41) is 11.7. The van der Waals surface area contributed by atoms with Gasteiger partial charge in [-0.15, -0.1) is 11.3 Å². The van der Waals surface area contributed by atoms with E-state index in [2.05, 4.69) is 4.98 Å². The number of carboxylic acids is 1. The van der Waals surface area contributed by atoms with Crippen molar-refractivity contribution >= 4 is 23.2 Å². The lowest BCUT2D eigenvalue weighted by Crippen LogP contribution is -2.42. The van der Waals surface area contributed by atoms with Crippen molar-refractivity contribution in [3.05, 3.63) is 40.9 Å². The Balaban J connectivity index is 1.79. The van der Waals surface area contributed by atoms with Crippen LogP contribution in [0.3, 0.4) is 0 Å². The lowest BCUT2D eigenvalue weighted by atomic mass is 9.98. The first-order chi connectivity index (χ1) is 11.1. The summed E-state index contributed by atoms with van der Waals surface area (Å²) in [7, 11) is 0. The number of hydrogen-bond donors (Lipinski definition) is 1. The minimum Gasteiger partial charge on any atom is -0.481 e. The number of aliphatic carboxylic acids is 1. The van der Waals surface area contributed by atoms with E-state index in [0.717, 1.165) is 22.6 Å². The molecule has 1 fully saturated rings. The molecule has 120 valence electrons. The fourth-order valence-corrected chi connectivity index (χ4v) is 3.72. The van der Waals surface area contributed by atoms with E-state index in [1.165, 1.54) is 11.3 Å². The summed E-state index contributed by atoms with van der Waals surface area (Å²) >= 11 is 1.44. The number of carbonyl (C=O) groups is 2. The standard InChI is InChI=1S/C17H18N2O3S/c1-11-5-2-3-7-13(11)15-18-14(10-23-15)16(20)19-8-4-6-12(9-19)17(21)22/h2-3,5,7,10,12H,4,6,8-9H2,1H3,(H,21,22)/t12-/m1/s1. The van der Waals surface area contributed by atoms with Gasteiger partial charge in [-0.1, -0.05) is 24.3 Å². The number of aryl methyl sites for hydroxylation is 1. The molecular formula is C17H18N2O3S. The Bertz CT molecular complexity index is 741. The van der Waals surface area contributed by atoms with Crippen molar-refractivity contribution < 1.29 is 14.7 Å². The highest BCUT2D eigenvalue weighted by atomic mass is 32.1. The van der Waals surface area contributed by atoms with Gasteiger partial charge in [0.2, 0.25) is 0 Å². The van der Waals surface area contributed by atoms with Crippen molar-refractivity contribution in [2.75, 3.05) is 13.1 Å². The van der Waals surface area contributed by atoms with Crippen LogP contribution in [0, 0.1) is 12.8 Å². The maximum absolute atomic E-state index is 12.6. The molecule has 2 aromatic rings. The molecule has 1 N–H and O–H groups in total. The number of rotatable bonds is 3. The van der Waals surface area contributed by atoms with Crippen LogP contribution in [0.15, 0.2) is 29.6 Å². The van der Waals surface area contributed by atoms with Crippen molar-refractivity contribution in [3.63, 3.8) is 0 Å². The summed E-state index contributed by atoms with van der Waals surface area (Å²) < 4.78 is 0. The van der Waals surface area contributed by atoms with Gasteiger partial charge in [-0.25, -0.2) is 4.98 Å². The lowest BCUT2D eigenvalue weighted by molar-refractivity contribution is -0.143. The molecule has 1 aromatic heterocycles. The largest absolute Gasteiger partial charge is 0.481 e. The van der Waals surface area contributed by atoms with E-state index in [0.29, 0.717) is 18.7 Å². The number of thiazole rings is 1. The second kappa shape index (κ2) is 6.50. The molecule has 23 heavy (non-hydrogen) atoms. The Morgan fingerprint density at radius 2 is 2.13 bits per heavy atom. The van der Waals surface area contributed by atoms with Crippen LogP contribution < -0.4 is 0 Å². The average Bonchev–Trinajstić information content (AvgIpc) is 3.04. The summed E-state index contributed by atoms with van der Waals surface area (Å²) in [6.07, 6.45) is 1.35. The molecule has 1 saturated heterocycles. The van der Waals surface area contributed by atoms with Crippen molar-refractivity contribution in [1.29, 1.82) is 0 Å². The lowest BCUT2D eigenvalue weighted by Gasteiger charge is -2.30. The maximum Gasteiger partial charge on any atom is 0.308 e. The summed E-state index contributed by atoms with van der Waals surface area (Å²) in [6, 6.07) is 7.93. The molecule has 1 aliphatic rings. The second-order valence-corrected chi connectivity index (χ2v) is 6.64. The van der Waals surface area contributed by atoms with E-state index in [9.17, 15) is 9.59 Å². The molecular weight excluding hydrogens is 312 g/mol. The number of carboxylic acid groups (broad SMARTS) is 1. The normalized spacial score (nSPS) is 18.0. The molecule has 2 heterocycles. The third-order valence-electron chi connectivity index (χ3n) is 4.16. The summed E-state index contributed by atoms with van der Waals surface area (Å²) in [6.45, 7) is 2.88. The monoisotopic (exact) mass is 330 g/mol. The van der Waals surface area contributed by atoms with Gasteiger partial charge >= 0.3 is 5.97 Å². The maximum atomic E-state index is 12.6.